The van der Waals surface area contributed by atoms with Crippen LogP contribution in [0.4, 0.5) is 5.82 Å². The Morgan fingerprint density at radius 3 is 2.74 bits per heavy atom. The molecule has 0 amide bonds. The predicted octanol–water partition coefficient (Wildman–Crippen LogP) is 2.82. The molecule has 2 heterocycles. The van der Waals surface area contributed by atoms with E-state index >= 15 is 0 Å². The molecule has 5 heteroatoms. The Morgan fingerprint density at radius 1 is 1.32 bits per heavy atom. The van der Waals surface area contributed by atoms with E-state index in [1.165, 1.54) is 10.3 Å². The molecule has 4 nitrogen and oxygen atoms in total. The van der Waals surface area contributed by atoms with Crippen LogP contribution in [0.2, 0.25) is 0 Å². The lowest BCUT2D eigenvalue weighted by molar-refractivity contribution is 0.430. The minimum Gasteiger partial charge on any atom is -0.357 e. The Labute approximate surface area is 118 Å². The first-order valence-corrected chi connectivity index (χ1v) is 7.41. The minimum atomic E-state index is 0.154. The fourth-order valence-corrected chi connectivity index (χ4v) is 2.98. The predicted molar refractivity (Wildman–Crippen MR) is 83.2 cm³/mol. The highest BCUT2D eigenvalue weighted by Gasteiger charge is 2.13. The Bertz CT molecular complexity index is 556. The number of anilines is 1. The first-order chi connectivity index (χ1) is 8.88. The first kappa shape index (κ1) is 14.2. The summed E-state index contributed by atoms with van der Waals surface area (Å²) in [6, 6.07) is 0. The van der Waals surface area contributed by atoms with E-state index < -0.39 is 0 Å². The quantitative estimate of drug-likeness (QED) is 0.933. The Balaban J connectivity index is 2.11. The van der Waals surface area contributed by atoms with Gasteiger partial charge >= 0.3 is 0 Å². The van der Waals surface area contributed by atoms with Gasteiger partial charge in [-0.2, -0.15) is 0 Å². The molecule has 0 aromatic carbocycles. The summed E-state index contributed by atoms with van der Waals surface area (Å²) < 4.78 is 1.18. The maximum absolute atomic E-state index is 4.43. The third-order valence-electron chi connectivity index (χ3n) is 2.98. The Hall–Kier alpha value is -1.20. The minimum absolute atomic E-state index is 0.154. The molecule has 2 rings (SSSR count). The number of aryl methyl sites for hydroxylation is 1. The average molecular weight is 278 g/mol. The van der Waals surface area contributed by atoms with E-state index in [-0.39, 0.29) is 5.54 Å². The summed E-state index contributed by atoms with van der Waals surface area (Å²) in [4.78, 5) is 11.0. The second-order valence-electron chi connectivity index (χ2n) is 5.89. The fraction of sp³-hybridized carbons (Fsp3) is 0.571. The molecule has 0 spiro atoms. The van der Waals surface area contributed by atoms with Gasteiger partial charge in [0, 0.05) is 25.7 Å². The highest BCUT2D eigenvalue weighted by molar-refractivity contribution is 7.18. The molecule has 2 aromatic heterocycles. The van der Waals surface area contributed by atoms with Gasteiger partial charge in [-0.25, -0.2) is 9.97 Å². The van der Waals surface area contributed by atoms with Crippen molar-refractivity contribution in [2.24, 2.45) is 0 Å². The number of rotatable bonds is 4. The molecular formula is C14H22N4S. The van der Waals surface area contributed by atoms with Crippen molar-refractivity contribution < 1.29 is 0 Å². The van der Waals surface area contributed by atoms with Crippen molar-refractivity contribution in [3.05, 3.63) is 17.3 Å². The molecule has 0 fully saturated rings. The van der Waals surface area contributed by atoms with Gasteiger partial charge < -0.3 is 10.2 Å². The van der Waals surface area contributed by atoms with Gasteiger partial charge in [-0.1, -0.05) is 0 Å². The summed E-state index contributed by atoms with van der Waals surface area (Å²) in [5.41, 5.74) is 2.46. The van der Waals surface area contributed by atoms with Crippen molar-refractivity contribution in [2.75, 3.05) is 25.0 Å². The van der Waals surface area contributed by atoms with Gasteiger partial charge in [-0.05, 0) is 38.6 Å². The summed E-state index contributed by atoms with van der Waals surface area (Å²) in [6.45, 7) is 10.5. The lowest BCUT2D eigenvalue weighted by Gasteiger charge is -2.24. The van der Waals surface area contributed by atoms with Crippen LogP contribution in [-0.4, -0.2) is 35.6 Å². The van der Waals surface area contributed by atoms with Crippen molar-refractivity contribution in [3.63, 3.8) is 0 Å². The molecule has 2 aromatic rings. The monoisotopic (exact) mass is 278 g/mol. The van der Waals surface area contributed by atoms with Gasteiger partial charge in [-0.3, -0.25) is 0 Å². The normalized spacial score (nSPS) is 12.1. The summed E-state index contributed by atoms with van der Waals surface area (Å²) in [6.07, 6.45) is 1.66. The van der Waals surface area contributed by atoms with Crippen LogP contribution in [0, 0.1) is 6.92 Å². The van der Waals surface area contributed by atoms with Crippen LogP contribution in [0.1, 0.15) is 26.3 Å². The maximum atomic E-state index is 4.43. The van der Waals surface area contributed by atoms with E-state index in [1.54, 1.807) is 17.7 Å². The summed E-state index contributed by atoms with van der Waals surface area (Å²) in [7, 11) is 2.08. The molecule has 19 heavy (non-hydrogen) atoms. The molecule has 0 atom stereocenters. The van der Waals surface area contributed by atoms with Gasteiger partial charge in [0.2, 0.25) is 0 Å². The largest absolute Gasteiger partial charge is 0.357 e. The van der Waals surface area contributed by atoms with Crippen LogP contribution >= 0.6 is 11.3 Å². The molecule has 0 aliphatic heterocycles. The Morgan fingerprint density at radius 2 is 2.05 bits per heavy atom. The summed E-state index contributed by atoms with van der Waals surface area (Å²) in [5, 5.41) is 5.64. The number of aromatic nitrogens is 2. The van der Waals surface area contributed by atoms with Crippen LogP contribution in [-0.2, 0) is 0 Å². The number of hydrogen-bond donors (Lipinski definition) is 1. The van der Waals surface area contributed by atoms with Crippen molar-refractivity contribution in [3.8, 4) is 0 Å². The van der Waals surface area contributed by atoms with E-state index in [2.05, 4.69) is 60.3 Å². The SMILES string of the molecule is Cc1csc2c(N(C)CCNC(C)(C)C)ncnc12. The molecule has 0 saturated heterocycles. The molecule has 0 saturated carbocycles. The highest BCUT2D eigenvalue weighted by Crippen LogP contribution is 2.29. The van der Waals surface area contributed by atoms with Crippen LogP contribution < -0.4 is 10.2 Å². The molecule has 0 aliphatic rings. The number of hydrogen-bond acceptors (Lipinski definition) is 5. The third kappa shape index (κ3) is 3.42. The third-order valence-corrected chi connectivity index (χ3v) is 4.06. The van der Waals surface area contributed by atoms with E-state index in [1.807, 2.05) is 0 Å². The van der Waals surface area contributed by atoms with Crippen LogP contribution in [0.3, 0.4) is 0 Å². The van der Waals surface area contributed by atoms with Crippen LogP contribution in [0.15, 0.2) is 11.7 Å². The molecule has 104 valence electrons. The van der Waals surface area contributed by atoms with Crippen LogP contribution in [0.25, 0.3) is 10.2 Å². The molecule has 0 unspecified atom stereocenters. The fourth-order valence-electron chi connectivity index (χ4n) is 1.93. The van der Waals surface area contributed by atoms with E-state index in [0.29, 0.717) is 0 Å². The second-order valence-corrected chi connectivity index (χ2v) is 6.77. The summed E-state index contributed by atoms with van der Waals surface area (Å²) in [5.74, 6) is 1.03. The van der Waals surface area contributed by atoms with Gasteiger partial charge in [-0.15, -0.1) is 11.3 Å². The number of nitrogens with one attached hydrogen (secondary N) is 1. The number of nitrogens with zero attached hydrogens (tertiary/aromatic N) is 3. The molecule has 1 N–H and O–H groups in total. The molecule has 0 radical (unpaired) electrons. The average Bonchev–Trinajstić information content (AvgIpc) is 2.69. The zero-order chi connectivity index (χ0) is 14.0. The van der Waals surface area contributed by atoms with E-state index in [9.17, 15) is 0 Å². The lowest BCUT2D eigenvalue weighted by atomic mass is 10.1. The standard InChI is InChI=1S/C14H22N4S/c1-10-8-19-12-11(10)15-9-16-13(12)18(5)7-6-17-14(2,3)4/h8-9,17H,6-7H2,1-5H3. The smallest absolute Gasteiger partial charge is 0.149 e. The topological polar surface area (TPSA) is 41.0 Å². The van der Waals surface area contributed by atoms with Crippen LogP contribution in [0.5, 0.6) is 0 Å². The lowest BCUT2D eigenvalue weighted by Crippen LogP contribution is -2.40. The zero-order valence-electron chi connectivity index (χ0n) is 12.3. The van der Waals surface area contributed by atoms with Crippen molar-refractivity contribution >= 4 is 27.4 Å². The van der Waals surface area contributed by atoms with Gasteiger partial charge in [0.25, 0.3) is 0 Å². The van der Waals surface area contributed by atoms with E-state index in [4.69, 9.17) is 0 Å². The Kier molecular flexibility index (Phi) is 4.06. The molecular weight excluding hydrogens is 256 g/mol. The first-order valence-electron chi connectivity index (χ1n) is 6.53. The number of likely N-dealkylation sites (N-methyl/N-ethyl adjacent to an activating group) is 1. The van der Waals surface area contributed by atoms with Gasteiger partial charge in [0.1, 0.15) is 12.1 Å². The second kappa shape index (κ2) is 5.43. The molecule has 0 aliphatic carbocycles. The maximum Gasteiger partial charge on any atom is 0.149 e. The van der Waals surface area contributed by atoms with Crippen molar-refractivity contribution in [1.82, 2.24) is 15.3 Å². The molecule has 0 bridgehead atoms. The van der Waals surface area contributed by atoms with E-state index in [0.717, 1.165) is 24.4 Å². The van der Waals surface area contributed by atoms with Crippen molar-refractivity contribution in [2.45, 2.75) is 33.2 Å². The van der Waals surface area contributed by atoms with Gasteiger partial charge in [0.05, 0.1) is 10.2 Å². The highest BCUT2D eigenvalue weighted by atomic mass is 32.1. The number of fused-ring (bicyclic) bond motifs is 1. The number of thiophene rings is 1. The van der Waals surface area contributed by atoms with Crippen molar-refractivity contribution in [1.29, 1.82) is 0 Å². The summed E-state index contributed by atoms with van der Waals surface area (Å²) >= 11 is 1.72. The zero-order valence-corrected chi connectivity index (χ0v) is 13.1. The van der Waals surface area contributed by atoms with Gasteiger partial charge in [0.15, 0.2) is 0 Å².